The highest BCUT2D eigenvalue weighted by Gasteiger charge is 2.35. The van der Waals surface area contributed by atoms with Crippen molar-refractivity contribution in [1.82, 2.24) is 9.88 Å². The summed E-state index contributed by atoms with van der Waals surface area (Å²) >= 11 is 0. The predicted octanol–water partition coefficient (Wildman–Crippen LogP) is 3.44. The summed E-state index contributed by atoms with van der Waals surface area (Å²) in [4.78, 5) is 30.0. The predicted molar refractivity (Wildman–Crippen MR) is 90.9 cm³/mol. The number of carbonyl (C=O) groups excluding carboxylic acids is 2. The fourth-order valence-corrected chi connectivity index (χ4v) is 2.90. The van der Waals surface area contributed by atoms with E-state index in [1.165, 1.54) is 12.3 Å². The van der Waals surface area contributed by atoms with Crippen molar-refractivity contribution in [1.29, 1.82) is 0 Å². The van der Waals surface area contributed by atoms with Crippen LogP contribution in [-0.2, 0) is 6.54 Å². The third-order valence-corrected chi connectivity index (χ3v) is 4.17. The first-order valence-electron chi connectivity index (χ1n) is 8.12. The van der Waals surface area contributed by atoms with Crippen molar-refractivity contribution in [2.75, 3.05) is 0 Å². The summed E-state index contributed by atoms with van der Waals surface area (Å²) in [5, 5.41) is 9.78. The van der Waals surface area contributed by atoms with Crippen LogP contribution in [0, 0.1) is 0 Å². The van der Waals surface area contributed by atoms with Crippen molar-refractivity contribution in [3.8, 4) is 23.0 Å². The summed E-state index contributed by atoms with van der Waals surface area (Å²) in [6.45, 7) is -3.15. The average Bonchev–Trinajstić information content (AvgIpc) is 3.23. The summed E-state index contributed by atoms with van der Waals surface area (Å²) in [5.74, 6) is -1.63. The molecule has 0 fully saturated rings. The Balaban J connectivity index is 1.54. The number of alkyl halides is 2. The van der Waals surface area contributed by atoms with E-state index in [-0.39, 0.29) is 18.2 Å². The minimum absolute atomic E-state index is 0.0884. The van der Waals surface area contributed by atoms with Gasteiger partial charge in [0.05, 0.1) is 23.4 Å². The number of rotatable bonds is 5. The highest BCUT2D eigenvalue weighted by Crippen LogP contribution is 2.32. The van der Waals surface area contributed by atoms with E-state index in [1.54, 1.807) is 24.3 Å². The van der Waals surface area contributed by atoms with E-state index < -0.39 is 24.2 Å². The van der Waals surface area contributed by atoms with Crippen molar-refractivity contribution in [3.05, 3.63) is 65.5 Å². The van der Waals surface area contributed by atoms with Crippen molar-refractivity contribution in [2.45, 2.75) is 13.2 Å². The van der Waals surface area contributed by atoms with Crippen LogP contribution in [0.5, 0.6) is 11.5 Å². The molecule has 9 heteroatoms. The Bertz CT molecular complexity index is 1040. The second kappa shape index (κ2) is 6.76. The molecule has 0 spiro atoms. The van der Waals surface area contributed by atoms with Crippen LogP contribution < -0.4 is 4.74 Å². The molecule has 2 aromatic carbocycles. The Hall–Kier alpha value is -3.75. The zero-order chi connectivity index (χ0) is 19.8. The number of imide groups is 1. The van der Waals surface area contributed by atoms with Crippen LogP contribution in [-0.4, -0.2) is 33.4 Å². The van der Waals surface area contributed by atoms with Gasteiger partial charge in [-0.1, -0.05) is 12.1 Å². The zero-order valence-corrected chi connectivity index (χ0v) is 14.1. The maximum absolute atomic E-state index is 12.4. The molecule has 0 saturated carbocycles. The summed E-state index contributed by atoms with van der Waals surface area (Å²) in [6.07, 6.45) is 1.28. The molecule has 0 saturated heterocycles. The van der Waals surface area contributed by atoms with Gasteiger partial charge < -0.3 is 14.3 Å². The number of benzene rings is 2. The average molecular weight is 386 g/mol. The van der Waals surface area contributed by atoms with Crippen molar-refractivity contribution in [3.63, 3.8) is 0 Å². The van der Waals surface area contributed by atoms with Crippen LogP contribution in [0.3, 0.4) is 0 Å². The molecule has 0 aliphatic carbocycles. The van der Waals surface area contributed by atoms with Gasteiger partial charge in [0.2, 0.25) is 5.89 Å². The molecule has 0 atom stereocenters. The molecule has 1 aliphatic heterocycles. The Kier molecular flexibility index (Phi) is 4.26. The van der Waals surface area contributed by atoms with E-state index >= 15 is 0 Å². The standard InChI is InChI=1S/C19H12F2N2O5/c20-19(21)28-15-6-5-10(7-14(15)24)16-22-11(9-27-16)8-23-17(25)12-3-1-2-4-13(12)18(23)26/h1-7,9,19,24H,8H2. The molecule has 1 aromatic heterocycles. The second-order valence-corrected chi connectivity index (χ2v) is 5.95. The number of aromatic hydroxyl groups is 1. The minimum atomic E-state index is -3.07. The molecular formula is C19H12F2N2O5. The first kappa shape index (κ1) is 17.7. The first-order valence-corrected chi connectivity index (χ1v) is 8.12. The lowest BCUT2D eigenvalue weighted by Crippen LogP contribution is -2.29. The first-order chi connectivity index (χ1) is 13.4. The van der Waals surface area contributed by atoms with Gasteiger partial charge in [-0.05, 0) is 30.3 Å². The van der Waals surface area contributed by atoms with E-state index in [2.05, 4.69) is 9.72 Å². The number of phenolic OH excluding ortho intramolecular Hbond substituents is 1. The highest BCUT2D eigenvalue weighted by atomic mass is 19.3. The van der Waals surface area contributed by atoms with Crippen LogP contribution in [0.25, 0.3) is 11.5 Å². The van der Waals surface area contributed by atoms with Gasteiger partial charge in [-0.2, -0.15) is 8.78 Å². The molecule has 2 amide bonds. The quantitative estimate of drug-likeness (QED) is 0.676. The van der Waals surface area contributed by atoms with Crippen molar-refractivity contribution < 1.29 is 32.6 Å². The number of halogens is 2. The monoisotopic (exact) mass is 386 g/mol. The smallest absolute Gasteiger partial charge is 0.387 e. The number of phenols is 1. The van der Waals surface area contributed by atoms with E-state index in [1.807, 2.05) is 0 Å². The van der Waals surface area contributed by atoms with Crippen LogP contribution in [0.2, 0.25) is 0 Å². The lowest BCUT2D eigenvalue weighted by Gasteiger charge is -2.11. The summed E-state index contributed by atoms with van der Waals surface area (Å²) in [6, 6.07) is 10.2. The lowest BCUT2D eigenvalue weighted by molar-refractivity contribution is -0.0512. The topological polar surface area (TPSA) is 92.9 Å². The van der Waals surface area contributed by atoms with Gasteiger partial charge in [-0.25, -0.2) is 4.98 Å². The summed E-state index contributed by atoms with van der Waals surface area (Å²) in [7, 11) is 0. The van der Waals surface area contributed by atoms with E-state index in [0.717, 1.165) is 17.0 Å². The number of hydrogen-bond acceptors (Lipinski definition) is 6. The van der Waals surface area contributed by atoms with Crippen molar-refractivity contribution >= 4 is 11.8 Å². The molecular weight excluding hydrogens is 374 g/mol. The number of ether oxygens (including phenoxy) is 1. The Morgan fingerprint density at radius 2 is 1.79 bits per heavy atom. The zero-order valence-electron chi connectivity index (χ0n) is 14.1. The molecule has 4 rings (SSSR count). The second-order valence-electron chi connectivity index (χ2n) is 5.95. The van der Waals surface area contributed by atoms with Gasteiger partial charge in [0, 0.05) is 5.56 Å². The van der Waals surface area contributed by atoms with Gasteiger partial charge in [0.1, 0.15) is 6.26 Å². The SMILES string of the molecule is O=C1c2ccccc2C(=O)N1Cc1coc(-c2ccc(OC(F)F)c(O)c2)n1. The van der Waals surface area contributed by atoms with E-state index in [4.69, 9.17) is 4.42 Å². The molecule has 28 heavy (non-hydrogen) atoms. The molecule has 142 valence electrons. The van der Waals surface area contributed by atoms with Gasteiger partial charge in [-0.3, -0.25) is 14.5 Å². The van der Waals surface area contributed by atoms with Crippen molar-refractivity contribution in [2.24, 2.45) is 0 Å². The van der Waals surface area contributed by atoms with E-state index in [0.29, 0.717) is 22.4 Å². The molecule has 1 aliphatic rings. The van der Waals surface area contributed by atoms with Crippen LogP contribution >= 0.6 is 0 Å². The molecule has 0 radical (unpaired) electrons. The van der Waals surface area contributed by atoms with Crippen LogP contribution in [0.15, 0.2) is 53.1 Å². The Morgan fingerprint density at radius 3 is 2.39 bits per heavy atom. The van der Waals surface area contributed by atoms with E-state index in [9.17, 15) is 23.5 Å². The maximum atomic E-state index is 12.4. The molecule has 0 unspecified atom stereocenters. The summed E-state index contributed by atoms with van der Waals surface area (Å²) in [5.41, 5.74) is 1.29. The number of hydrogen-bond donors (Lipinski definition) is 1. The molecule has 2 heterocycles. The maximum Gasteiger partial charge on any atom is 0.387 e. The number of nitrogens with zero attached hydrogens (tertiary/aromatic N) is 2. The van der Waals surface area contributed by atoms with Gasteiger partial charge in [-0.15, -0.1) is 0 Å². The van der Waals surface area contributed by atoms with Crippen LogP contribution in [0.1, 0.15) is 26.4 Å². The molecule has 0 bridgehead atoms. The Labute approximate surface area is 156 Å². The molecule has 3 aromatic rings. The van der Waals surface area contributed by atoms with Gasteiger partial charge in [0.15, 0.2) is 11.5 Å². The third kappa shape index (κ3) is 3.07. The minimum Gasteiger partial charge on any atom is -0.504 e. The number of fused-ring (bicyclic) bond motifs is 1. The molecule has 7 nitrogen and oxygen atoms in total. The number of carbonyl (C=O) groups is 2. The van der Waals surface area contributed by atoms with Gasteiger partial charge in [0.25, 0.3) is 11.8 Å². The largest absolute Gasteiger partial charge is 0.504 e. The Morgan fingerprint density at radius 1 is 1.11 bits per heavy atom. The molecule has 1 N–H and O–H groups in total. The normalized spacial score (nSPS) is 13.3. The highest BCUT2D eigenvalue weighted by molar-refractivity contribution is 6.21. The number of aromatic nitrogens is 1. The van der Waals surface area contributed by atoms with Crippen LogP contribution in [0.4, 0.5) is 8.78 Å². The lowest BCUT2D eigenvalue weighted by atomic mass is 10.1. The van der Waals surface area contributed by atoms with Gasteiger partial charge >= 0.3 is 6.61 Å². The fourth-order valence-electron chi connectivity index (χ4n) is 2.90. The third-order valence-electron chi connectivity index (χ3n) is 4.17. The fraction of sp³-hybridized carbons (Fsp3) is 0.105. The summed E-state index contributed by atoms with van der Waals surface area (Å²) < 4.78 is 34.0. The number of oxazole rings is 1. The number of amides is 2.